The summed E-state index contributed by atoms with van der Waals surface area (Å²) in [7, 11) is 1.37. The maximum atomic E-state index is 11.8. The monoisotopic (exact) mass is 284 g/mol. The fraction of sp³-hybridized carbons (Fsp3) is 0.312. The van der Waals surface area contributed by atoms with Crippen molar-refractivity contribution < 1.29 is 14.3 Å². The molecule has 0 atom stereocenters. The summed E-state index contributed by atoms with van der Waals surface area (Å²) in [6, 6.07) is 7.27. The summed E-state index contributed by atoms with van der Waals surface area (Å²) in [5.41, 5.74) is 2.94. The maximum absolute atomic E-state index is 11.8. The van der Waals surface area contributed by atoms with Crippen LogP contribution in [0.5, 0.6) is 0 Å². The molecular formula is C16H16N2O3. The van der Waals surface area contributed by atoms with Crippen LogP contribution in [0, 0.1) is 0 Å². The molecule has 3 rings (SSSR count). The lowest BCUT2D eigenvalue weighted by molar-refractivity contribution is 0.0599. The van der Waals surface area contributed by atoms with Crippen molar-refractivity contribution in [1.82, 2.24) is 9.78 Å². The number of aryl methyl sites for hydroxylation is 1. The highest BCUT2D eigenvalue weighted by Gasteiger charge is 2.21. The average Bonchev–Trinajstić information content (AvgIpc) is 2.91. The second kappa shape index (κ2) is 5.52. The summed E-state index contributed by atoms with van der Waals surface area (Å²) >= 11 is 0. The Bertz CT molecular complexity index is 703. The normalized spacial score (nSPS) is 13.9. The summed E-state index contributed by atoms with van der Waals surface area (Å²) in [6.07, 6.45) is 4.25. The second-order valence-corrected chi connectivity index (χ2v) is 5.13. The first-order valence-electron chi connectivity index (χ1n) is 6.95. The van der Waals surface area contributed by atoms with Gasteiger partial charge in [-0.1, -0.05) is 18.2 Å². The molecule has 1 aromatic carbocycles. The number of aromatic nitrogens is 2. The van der Waals surface area contributed by atoms with Crippen molar-refractivity contribution in [3.8, 4) is 0 Å². The Morgan fingerprint density at radius 1 is 1.33 bits per heavy atom. The van der Waals surface area contributed by atoms with E-state index < -0.39 is 0 Å². The second-order valence-electron chi connectivity index (χ2n) is 5.13. The lowest BCUT2D eigenvalue weighted by Crippen LogP contribution is -2.11. The number of methoxy groups -OCH3 is 1. The molecule has 21 heavy (non-hydrogen) atoms. The number of Topliss-reactive ketones (excluding diaryl/α,β-unsaturated/α-hetero) is 1. The van der Waals surface area contributed by atoms with Gasteiger partial charge in [0.2, 0.25) is 0 Å². The van der Waals surface area contributed by atoms with E-state index >= 15 is 0 Å². The Balaban J connectivity index is 1.91. The zero-order chi connectivity index (χ0) is 14.8. The molecule has 0 aliphatic heterocycles. The Kier molecular flexibility index (Phi) is 3.56. The Morgan fingerprint density at radius 3 is 2.90 bits per heavy atom. The predicted molar refractivity (Wildman–Crippen MR) is 76.4 cm³/mol. The van der Waals surface area contributed by atoms with Crippen LogP contribution in [0.15, 0.2) is 30.5 Å². The molecule has 0 spiro atoms. The standard InChI is InChI=1S/C16H16N2O3/c1-21-16(20)13-7-3-2-5-11(13)9-18-10-12-6-4-8-14(19)15(12)17-18/h2-3,5,7,10H,4,6,8-9H2,1H3. The van der Waals surface area contributed by atoms with Crippen LogP contribution >= 0.6 is 0 Å². The molecule has 0 saturated heterocycles. The van der Waals surface area contributed by atoms with Crippen molar-refractivity contribution in [3.05, 3.63) is 52.8 Å². The number of hydrogen-bond acceptors (Lipinski definition) is 4. The van der Waals surface area contributed by atoms with Crippen LogP contribution in [-0.2, 0) is 17.7 Å². The number of carbonyl (C=O) groups excluding carboxylic acids is 2. The van der Waals surface area contributed by atoms with Gasteiger partial charge >= 0.3 is 5.97 Å². The third-order valence-corrected chi connectivity index (χ3v) is 3.71. The molecule has 1 heterocycles. The van der Waals surface area contributed by atoms with Gasteiger partial charge in [0.15, 0.2) is 5.78 Å². The minimum Gasteiger partial charge on any atom is -0.465 e. The molecule has 0 bridgehead atoms. The molecule has 1 aromatic heterocycles. The van der Waals surface area contributed by atoms with Gasteiger partial charge in [0.1, 0.15) is 5.69 Å². The van der Waals surface area contributed by atoms with E-state index in [0.29, 0.717) is 24.2 Å². The van der Waals surface area contributed by atoms with Crippen LogP contribution in [0.1, 0.15) is 44.8 Å². The number of hydrogen-bond donors (Lipinski definition) is 0. The number of nitrogens with zero attached hydrogens (tertiary/aromatic N) is 2. The molecule has 0 N–H and O–H groups in total. The van der Waals surface area contributed by atoms with Gasteiger partial charge in [0, 0.05) is 18.2 Å². The summed E-state index contributed by atoms with van der Waals surface area (Å²) in [5.74, 6) is -0.255. The van der Waals surface area contributed by atoms with E-state index in [1.165, 1.54) is 7.11 Å². The smallest absolute Gasteiger partial charge is 0.338 e. The van der Waals surface area contributed by atoms with Crippen LogP contribution in [0.2, 0.25) is 0 Å². The predicted octanol–water partition coefficient (Wildman–Crippen LogP) is 2.24. The molecule has 0 radical (unpaired) electrons. The van der Waals surface area contributed by atoms with Crippen LogP contribution in [0.4, 0.5) is 0 Å². The van der Waals surface area contributed by atoms with E-state index in [1.807, 2.05) is 18.3 Å². The zero-order valence-electron chi connectivity index (χ0n) is 11.8. The van der Waals surface area contributed by atoms with E-state index in [9.17, 15) is 9.59 Å². The van der Waals surface area contributed by atoms with Gasteiger partial charge in [-0.15, -0.1) is 0 Å². The summed E-state index contributed by atoms with van der Waals surface area (Å²) in [4.78, 5) is 23.6. The number of benzene rings is 1. The van der Waals surface area contributed by atoms with Crippen molar-refractivity contribution >= 4 is 11.8 Å². The van der Waals surface area contributed by atoms with Crippen LogP contribution in [0.25, 0.3) is 0 Å². The third-order valence-electron chi connectivity index (χ3n) is 3.71. The highest BCUT2D eigenvalue weighted by molar-refractivity contribution is 5.96. The summed E-state index contributed by atoms with van der Waals surface area (Å²) in [5, 5.41) is 4.37. The zero-order valence-corrected chi connectivity index (χ0v) is 11.8. The van der Waals surface area contributed by atoms with Gasteiger partial charge < -0.3 is 4.74 Å². The minimum atomic E-state index is -0.362. The van der Waals surface area contributed by atoms with Crippen molar-refractivity contribution in [2.45, 2.75) is 25.8 Å². The van der Waals surface area contributed by atoms with Crippen molar-refractivity contribution in [2.75, 3.05) is 7.11 Å². The molecule has 5 nitrogen and oxygen atoms in total. The van der Waals surface area contributed by atoms with E-state index in [4.69, 9.17) is 4.74 Å². The van der Waals surface area contributed by atoms with Gasteiger partial charge in [-0.3, -0.25) is 9.48 Å². The van der Waals surface area contributed by atoms with Crippen LogP contribution in [-0.4, -0.2) is 28.6 Å². The largest absolute Gasteiger partial charge is 0.465 e. The Hall–Kier alpha value is -2.43. The molecule has 1 aliphatic carbocycles. The van der Waals surface area contributed by atoms with Crippen molar-refractivity contribution in [1.29, 1.82) is 0 Å². The SMILES string of the molecule is COC(=O)c1ccccc1Cn1cc2c(n1)C(=O)CCC2. The first-order chi connectivity index (χ1) is 10.2. The number of ketones is 1. The highest BCUT2D eigenvalue weighted by Crippen LogP contribution is 2.20. The lowest BCUT2D eigenvalue weighted by atomic mass is 9.97. The fourth-order valence-electron chi connectivity index (χ4n) is 2.66. The van der Waals surface area contributed by atoms with E-state index in [0.717, 1.165) is 24.0 Å². The van der Waals surface area contributed by atoms with Gasteiger partial charge in [-0.05, 0) is 24.5 Å². The van der Waals surface area contributed by atoms with Gasteiger partial charge in [0.25, 0.3) is 0 Å². The van der Waals surface area contributed by atoms with Crippen LogP contribution < -0.4 is 0 Å². The molecule has 0 fully saturated rings. The topological polar surface area (TPSA) is 61.2 Å². The van der Waals surface area contributed by atoms with Gasteiger partial charge in [-0.25, -0.2) is 4.79 Å². The van der Waals surface area contributed by atoms with E-state index in [2.05, 4.69) is 5.10 Å². The van der Waals surface area contributed by atoms with E-state index in [1.54, 1.807) is 16.8 Å². The number of carbonyl (C=O) groups is 2. The minimum absolute atomic E-state index is 0.108. The van der Waals surface area contributed by atoms with Crippen molar-refractivity contribution in [2.24, 2.45) is 0 Å². The molecule has 2 aromatic rings. The Labute approximate surface area is 122 Å². The molecule has 5 heteroatoms. The van der Waals surface area contributed by atoms with Crippen LogP contribution in [0.3, 0.4) is 0 Å². The summed E-state index contributed by atoms with van der Waals surface area (Å²) in [6.45, 7) is 0.450. The number of fused-ring (bicyclic) bond motifs is 1. The lowest BCUT2D eigenvalue weighted by Gasteiger charge is -2.07. The highest BCUT2D eigenvalue weighted by atomic mass is 16.5. The number of rotatable bonds is 3. The third kappa shape index (κ3) is 2.59. The number of ether oxygens (including phenoxy) is 1. The molecule has 1 aliphatic rings. The molecule has 0 amide bonds. The van der Waals surface area contributed by atoms with Gasteiger partial charge in [0.05, 0.1) is 19.2 Å². The Morgan fingerprint density at radius 2 is 2.14 bits per heavy atom. The summed E-state index contributed by atoms with van der Waals surface area (Å²) < 4.78 is 6.52. The number of esters is 1. The molecule has 0 unspecified atom stereocenters. The first kappa shape index (κ1) is 13.5. The quantitative estimate of drug-likeness (QED) is 0.811. The van der Waals surface area contributed by atoms with Gasteiger partial charge in [-0.2, -0.15) is 5.10 Å². The van der Waals surface area contributed by atoms with Crippen molar-refractivity contribution in [3.63, 3.8) is 0 Å². The molecular weight excluding hydrogens is 268 g/mol. The van der Waals surface area contributed by atoms with E-state index in [-0.39, 0.29) is 11.8 Å². The molecule has 108 valence electrons. The first-order valence-corrected chi connectivity index (χ1v) is 6.95. The average molecular weight is 284 g/mol. The fourth-order valence-corrected chi connectivity index (χ4v) is 2.66. The maximum Gasteiger partial charge on any atom is 0.338 e. The molecule has 0 saturated carbocycles.